The number of nitrogens with zero attached hydrogens (tertiary/aromatic N) is 3. The third-order valence-electron chi connectivity index (χ3n) is 8.63. The van der Waals surface area contributed by atoms with Crippen LogP contribution in [0, 0.1) is 11.8 Å². The lowest BCUT2D eigenvalue weighted by atomic mass is 9.96. The van der Waals surface area contributed by atoms with Crippen molar-refractivity contribution >= 4 is 33.3 Å². The Kier molecular flexibility index (Phi) is 11.3. The fourth-order valence-electron chi connectivity index (χ4n) is 6.05. The van der Waals surface area contributed by atoms with Crippen LogP contribution in [0.25, 0.3) is 0 Å². The Balaban J connectivity index is 1.21. The van der Waals surface area contributed by atoms with Crippen LogP contribution in [0.5, 0.6) is 0 Å². The number of allylic oxidation sites excluding steroid dienone is 4. The molecule has 2 aliphatic rings. The van der Waals surface area contributed by atoms with Crippen LogP contribution in [0.2, 0.25) is 0 Å². The van der Waals surface area contributed by atoms with Gasteiger partial charge in [-0.2, -0.15) is 0 Å². The molecule has 7 nitrogen and oxygen atoms in total. The molecular weight excluding hydrogens is 615 g/mol. The lowest BCUT2D eigenvalue weighted by Crippen LogP contribution is -2.49. The molecule has 1 aliphatic heterocycles. The molecule has 1 heterocycles. The molecule has 46 heavy (non-hydrogen) atoms. The van der Waals surface area contributed by atoms with E-state index >= 15 is 0 Å². The molecule has 5 rings (SSSR count). The lowest BCUT2D eigenvalue weighted by molar-refractivity contribution is 0.0809. The molecule has 1 fully saturated rings. The van der Waals surface area contributed by atoms with E-state index in [0.717, 1.165) is 28.2 Å². The van der Waals surface area contributed by atoms with Crippen molar-refractivity contribution in [2.24, 2.45) is 11.8 Å². The number of ether oxygens (including phenoxy) is 1. The Hall–Kier alpha value is -3.95. The highest BCUT2D eigenvalue weighted by molar-refractivity contribution is 7.89. The van der Waals surface area contributed by atoms with Gasteiger partial charge in [0.05, 0.1) is 9.88 Å². The summed E-state index contributed by atoms with van der Waals surface area (Å²) in [5.74, 6) is -0.0941. The lowest BCUT2D eigenvalue weighted by Gasteiger charge is -2.41. The van der Waals surface area contributed by atoms with Gasteiger partial charge < -0.3 is 14.5 Å². The fourth-order valence-corrected chi connectivity index (χ4v) is 8.10. The van der Waals surface area contributed by atoms with Gasteiger partial charge in [-0.25, -0.2) is 13.2 Å². The molecule has 1 aliphatic carbocycles. The summed E-state index contributed by atoms with van der Waals surface area (Å²) >= 11 is 5.94. The van der Waals surface area contributed by atoms with Crippen LogP contribution < -0.4 is 0 Å². The molecule has 3 aromatic carbocycles. The van der Waals surface area contributed by atoms with E-state index in [9.17, 15) is 13.2 Å². The predicted octanol–water partition coefficient (Wildman–Crippen LogP) is 7.42. The van der Waals surface area contributed by atoms with Gasteiger partial charge in [0, 0.05) is 49.8 Å². The van der Waals surface area contributed by atoms with E-state index < -0.39 is 16.1 Å². The van der Waals surface area contributed by atoms with Gasteiger partial charge in [0.1, 0.15) is 6.61 Å². The average Bonchev–Trinajstić information content (AvgIpc) is 3.09. The van der Waals surface area contributed by atoms with Crippen molar-refractivity contribution in [1.82, 2.24) is 14.1 Å². The average molecular weight is 658 g/mol. The second kappa shape index (κ2) is 15.6. The number of amides is 1. The second-order valence-corrected chi connectivity index (χ2v) is 14.4. The first-order valence-electron chi connectivity index (χ1n) is 16.0. The number of benzene rings is 3. The number of thiocarbonyl (C=S) groups is 1. The summed E-state index contributed by atoms with van der Waals surface area (Å²) in [6.45, 7) is 6.36. The van der Waals surface area contributed by atoms with Gasteiger partial charge in [-0.05, 0) is 48.6 Å². The van der Waals surface area contributed by atoms with E-state index in [4.69, 9.17) is 17.0 Å². The van der Waals surface area contributed by atoms with Crippen LogP contribution in [0.1, 0.15) is 44.2 Å². The summed E-state index contributed by atoms with van der Waals surface area (Å²) in [4.78, 5) is 18.1. The van der Waals surface area contributed by atoms with E-state index in [1.54, 1.807) is 33.5 Å². The predicted molar refractivity (Wildman–Crippen MR) is 186 cm³/mol. The van der Waals surface area contributed by atoms with Crippen molar-refractivity contribution in [2.45, 2.75) is 57.1 Å². The fraction of sp³-hybridized carbons (Fsp3) is 0.351. The summed E-state index contributed by atoms with van der Waals surface area (Å²) in [5, 5.41) is 0. The van der Waals surface area contributed by atoms with Crippen molar-refractivity contribution in [2.75, 3.05) is 19.7 Å². The largest absolute Gasteiger partial charge is 0.449 e. The first-order chi connectivity index (χ1) is 22.2. The van der Waals surface area contributed by atoms with E-state index in [-0.39, 0.29) is 29.4 Å². The highest BCUT2D eigenvalue weighted by Crippen LogP contribution is 2.34. The van der Waals surface area contributed by atoms with Crippen LogP contribution >= 0.6 is 12.2 Å². The van der Waals surface area contributed by atoms with Crippen LogP contribution in [0.4, 0.5) is 4.79 Å². The van der Waals surface area contributed by atoms with Gasteiger partial charge in [-0.3, -0.25) is 4.31 Å². The molecule has 0 radical (unpaired) electrons. The van der Waals surface area contributed by atoms with Crippen LogP contribution in [-0.2, 0) is 27.8 Å². The van der Waals surface area contributed by atoms with Crippen molar-refractivity contribution in [3.63, 3.8) is 0 Å². The molecule has 242 valence electrons. The number of hydrogen-bond acceptors (Lipinski definition) is 5. The maximum Gasteiger partial charge on any atom is 0.409 e. The Morgan fingerprint density at radius 3 is 2.00 bits per heavy atom. The van der Waals surface area contributed by atoms with E-state index in [1.165, 1.54) is 0 Å². The van der Waals surface area contributed by atoms with E-state index in [1.807, 2.05) is 61.5 Å². The third kappa shape index (κ3) is 8.25. The monoisotopic (exact) mass is 657 g/mol. The van der Waals surface area contributed by atoms with Crippen molar-refractivity contribution in [1.29, 1.82) is 0 Å². The maximum absolute atomic E-state index is 14.0. The Morgan fingerprint density at radius 1 is 0.913 bits per heavy atom. The summed E-state index contributed by atoms with van der Waals surface area (Å²) in [6.07, 6.45) is 7.34. The van der Waals surface area contributed by atoms with Crippen LogP contribution in [-0.4, -0.2) is 59.3 Å². The number of rotatable bonds is 11. The maximum atomic E-state index is 14.0. The molecule has 1 saturated heterocycles. The number of likely N-dealkylation sites (tertiary alicyclic amines) is 1. The van der Waals surface area contributed by atoms with Crippen molar-refractivity contribution < 1.29 is 17.9 Å². The molecule has 1 amide bonds. The summed E-state index contributed by atoms with van der Waals surface area (Å²) < 4.78 is 35.3. The normalized spacial score (nSPS) is 17.6. The number of carbonyl (C=O) groups is 1. The van der Waals surface area contributed by atoms with Crippen molar-refractivity contribution in [3.8, 4) is 0 Å². The van der Waals surface area contributed by atoms with E-state index in [0.29, 0.717) is 39.0 Å². The second-order valence-electron chi connectivity index (χ2n) is 12.1. The number of piperidine rings is 1. The zero-order chi connectivity index (χ0) is 32.5. The van der Waals surface area contributed by atoms with Crippen molar-refractivity contribution in [3.05, 3.63) is 126 Å². The molecule has 0 N–H and O–H groups in total. The number of carbonyl (C=O) groups excluding carboxylic acids is 1. The minimum Gasteiger partial charge on any atom is -0.449 e. The highest BCUT2D eigenvalue weighted by Gasteiger charge is 2.38. The molecule has 9 heteroatoms. The topological polar surface area (TPSA) is 70.2 Å². The summed E-state index contributed by atoms with van der Waals surface area (Å²) in [6, 6.07) is 28.8. The molecule has 2 atom stereocenters. The molecule has 0 spiro atoms. The Labute approximate surface area is 279 Å². The van der Waals surface area contributed by atoms with Gasteiger partial charge in [0.15, 0.2) is 0 Å². The van der Waals surface area contributed by atoms with Gasteiger partial charge in [0.2, 0.25) is 0 Å². The van der Waals surface area contributed by atoms with Crippen LogP contribution in [0.3, 0.4) is 0 Å². The smallest absolute Gasteiger partial charge is 0.409 e. The minimum absolute atomic E-state index is 0.0696. The standard InChI is InChI=1S/C37H43N3O4S2/c1-29-14-12-13-21-35(29)40(46(42,43)34-19-10-5-11-20-34)33-22-24-38(25-23-33)37(41)44-28-30(2)36(45)39(26-31-15-6-3-7-16-31)27-32-17-8-4-9-18-32/h3-13,15-21,29-30,33H,14,22-28H2,1-2H3. The quantitative estimate of drug-likeness (QED) is 0.200. The van der Waals surface area contributed by atoms with Gasteiger partial charge in [0.25, 0.3) is 10.0 Å². The molecule has 0 saturated carbocycles. The number of sulfonamides is 1. The molecular formula is C37H43N3O4S2. The Morgan fingerprint density at radius 2 is 1.46 bits per heavy atom. The van der Waals surface area contributed by atoms with Gasteiger partial charge in [-0.1, -0.05) is 117 Å². The van der Waals surface area contributed by atoms with Gasteiger partial charge >= 0.3 is 6.09 Å². The first-order valence-corrected chi connectivity index (χ1v) is 17.8. The molecule has 3 aromatic rings. The highest BCUT2D eigenvalue weighted by atomic mass is 32.2. The molecule has 2 unspecified atom stereocenters. The number of hydrogen-bond donors (Lipinski definition) is 0. The minimum atomic E-state index is -3.78. The van der Waals surface area contributed by atoms with Gasteiger partial charge in [-0.15, -0.1) is 0 Å². The third-order valence-corrected chi connectivity index (χ3v) is 11.2. The SMILES string of the molecule is CC(COC(=O)N1CCC(N(C2=CC=CCC2C)S(=O)(=O)c2ccccc2)CC1)C(=S)N(Cc1ccccc1)Cc1ccccc1. The van der Waals surface area contributed by atoms with E-state index in [2.05, 4.69) is 42.2 Å². The zero-order valence-electron chi connectivity index (χ0n) is 26.6. The molecule has 0 aromatic heterocycles. The van der Waals surface area contributed by atoms with Crippen LogP contribution in [0.15, 0.2) is 120 Å². The summed E-state index contributed by atoms with van der Waals surface area (Å²) in [7, 11) is -3.78. The molecule has 0 bridgehead atoms. The Bertz CT molecular complexity index is 1580. The first kappa shape index (κ1) is 33.4. The zero-order valence-corrected chi connectivity index (χ0v) is 28.2. The summed E-state index contributed by atoms with van der Waals surface area (Å²) in [5.41, 5.74) is 3.11.